The molecule has 1 fully saturated rings. The Morgan fingerprint density at radius 1 is 0.939 bits per heavy atom. The number of pyridine rings is 1. The van der Waals surface area contributed by atoms with E-state index in [2.05, 4.69) is 21.9 Å². The van der Waals surface area contributed by atoms with Crippen LogP contribution in [0.5, 0.6) is 0 Å². The van der Waals surface area contributed by atoms with E-state index in [1.165, 1.54) is 38.5 Å². The topological polar surface area (TPSA) is 71.1 Å². The maximum absolute atomic E-state index is 13.1. The van der Waals surface area contributed by atoms with Gasteiger partial charge >= 0.3 is 0 Å². The molecule has 0 saturated heterocycles. The lowest BCUT2D eigenvalue weighted by Crippen LogP contribution is -2.29. The van der Waals surface area contributed by atoms with Gasteiger partial charge in [0.05, 0.1) is 10.6 Å². The highest BCUT2D eigenvalue weighted by Crippen LogP contribution is 2.28. The molecular weight excluding hydrogens is 430 g/mol. The third-order valence-corrected chi connectivity index (χ3v) is 7.86. The highest BCUT2D eigenvalue weighted by molar-refractivity contribution is 7.92. The minimum Gasteiger partial charge on any atom is -0.310 e. The van der Waals surface area contributed by atoms with Crippen molar-refractivity contribution in [2.24, 2.45) is 5.92 Å². The molecule has 0 unspecified atom stereocenters. The third-order valence-electron chi connectivity index (χ3n) is 6.47. The van der Waals surface area contributed by atoms with Crippen molar-refractivity contribution in [3.8, 4) is 11.1 Å². The molecular formula is C27H33N3O2S. The Labute approximate surface area is 197 Å². The van der Waals surface area contributed by atoms with Crippen LogP contribution in [0.2, 0.25) is 0 Å². The standard InChI is InChI=1S/C27H33N3O2S/c1-21(18-22-8-3-2-4-9-22)29-20-25-10-5-6-12-27(25)30-33(31,32)26-15-13-23(14-16-26)24-11-7-17-28-19-24/h5-7,10-17,19,21-22,29-30H,2-4,8-9,18,20H2,1H3/t21-/m0/s1. The van der Waals surface area contributed by atoms with Gasteiger partial charge in [0.2, 0.25) is 0 Å². The summed E-state index contributed by atoms with van der Waals surface area (Å²) in [5.41, 5.74) is 3.45. The van der Waals surface area contributed by atoms with Crippen molar-refractivity contribution in [3.05, 3.63) is 78.6 Å². The second-order valence-corrected chi connectivity index (χ2v) is 10.7. The second kappa shape index (κ2) is 10.9. The Bertz CT molecular complexity index is 1130. The quantitative estimate of drug-likeness (QED) is 0.408. The molecule has 0 spiro atoms. The van der Waals surface area contributed by atoms with E-state index in [0.717, 1.165) is 22.6 Å². The number of anilines is 1. The number of hydrogen-bond donors (Lipinski definition) is 2. The molecule has 3 aromatic rings. The predicted octanol–water partition coefficient (Wildman–Crippen LogP) is 6.00. The lowest BCUT2D eigenvalue weighted by Gasteiger charge is -2.25. The van der Waals surface area contributed by atoms with Gasteiger partial charge in [-0.3, -0.25) is 9.71 Å². The van der Waals surface area contributed by atoms with Gasteiger partial charge in [0.1, 0.15) is 0 Å². The van der Waals surface area contributed by atoms with Crippen LogP contribution in [-0.2, 0) is 16.6 Å². The molecule has 0 amide bonds. The van der Waals surface area contributed by atoms with Crippen molar-refractivity contribution in [2.45, 2.75) is 62.9 Å². The zero-order valence-electron chi connectivity index (χ0n) is 19.2. The minimum absolute atomic E-state index is 0.239. The number of benzene rings is 2. The van der Waals surface area contributed by atoms with Crippen LogP contribution < -0.4 is 10.0 Å². The molecule has 1 heterocycles. The summed E-state index contributed by atoms with van der Waals surface area (Å²) in [5.74, 6) is 0.810. The van der Waals surface area contributed by atoms with Gasteiger partial charge in [-0.15, -0.1) is 0 Å². The van der Waals surface area contributed by atoms with E-state index in [1.807, 2.05) is 48.5 Å². The van der Waals surface area contributed by atoms with Crippen molar-refractivity contribution in [1.82, 2.24) is 10.3 Å². The molecule has 2 aromatic carbocycles. The van der Waals surface area contributed by atoms with E-state index in [4.69, 9.17) is 0 Å². The molecule has 0 bridgehead atoms. The molecule has 1 atom stereocenters. The van der Waals surface area contributed by atoms with Crippen LogP contribution >= 0.6 is 0 Å². The Morgan fingerprint density at radius 3 is 2.42 bits per heavy atom. The smallest absolute Gasteiger partial charge is 0.261 e. The lowest BCUT2D eigenvalue weighted by molar-refractivity contribution is 0.305. The fourth-order valence-corrected chi connectivity index (χ4v) is 5.73. The molecule has 4 rings (SSSR count). The number of rotatable bonds is 9. The predicted molar refractivity (Wildman–Crippen MR) is 134 cm³/mol. The summed E-state index contributed by atoms with van der Waals surface area (Å²) in [4.78, 5) is 4.36. The van der Waals surface area contributed by atoms with E-state index in [1.54, 1.807) is 24.5 Å². The first kappa shape index (κ1) is 23.5. The minimum atomic E-state index is -3.69. The Balaban J connectivity index is 1.41. The van der Waals surface area contributed by atoms with E-state index >= 15 is 0 Å². The number of nitrogens with zero attached hydrogens (tertiary/aromatic N) is 1. The molecule has 2 N–H and O–H groups in total. The number of para-hydroxylation sites is 1. The third kappa shape index (κ3) is 6.42. The van der Waals surface area contributed by atoms with Crippen LogP contribution in [0.3, 0.4) is 0 Å². The van der Waals surface area contributed by atoms with Gasteiger partial charge in [0, 0.05) is 25.0 Å². The Hall–Kier alpha value is -2.70. The van der Waals surface area contributed by atoms with Gasteiger partial charge in [-0.1, -0.05) is 68.5 Å². The SMILES string of the molecule is C[C@@H](CC1CCCCC1)NCc1ccccc1NS(=O)(=O)c1ccc(-c2cccnc2)cc1. The second-order valence-electron chi connectivity index (χ2n) is 9.05. The highest BCUT2D eigenvalue weighted by Gasteiger charge is 2.18. The van der Waals surface area contributed by atoms with Crippen LogP contribution in [0.25, 0.3) is 11.1 Å². The zero-order valence-corrected chi connectivity index (χ0v) is 20.0. The molecule has 0 aliphatic heterocycles. The first-order valence-electron chi connectivity index (χ1n) is 11.9. The fourth-order valence-electron chi connectivity index (χ4n) is 4.63. The van der Waals surface area contributed by atoms with Crippen LogP contribution in [0.1, 0.15) is 51.0 Å². The van der Waals surface area contributed by atoms with Gasteiger partial charge < -0.3 is 5.32 Å². The van der Waals surface area contributed by atoms with Crippen molar-refractivity contribution in [2.75, 3.05) is 4.72 Å². The molecule has 1 aromatic heterocycles. The van der Waals surface area contributed by atoms with E-state index in [0.29, 0.717) is 18.3 Å². The van der Waals surface area contributed by atoms with E-state index < -0.39 is 10.0 Å². The molecule has 5 nitrogen and oxygen atoms in total. The molecule has 33 heavy (non-hydrogen) atoms. The number of sulfonamides is 1. The van der Waals surface area contributed by atoms with Crippen molar-refractivity contribution < 1.29 is 8.42 Å². The molecule has 1 saturated carbocycles. The van der Waals surface area contributed by atoms with Crippen molar-refractivity contribution in [3.63, 3.8) is 0 Å². The van der Waals surface area contributed by atoms with Crippen molar-refractivity contribution >= 4 is 15.7 Å². The van der Waals surface area contributed by atoms with Gasteiger partial charge in [-0.25, -0.2) is 8.42 Å². The Kier molecular flexibility index (Phi) is 7.78. The monoisotopic (exact) mass is 463 g/mol. The van der Waals surface area contributed by atoms with Crippen LogP contribution in [-0.4, -0.2) is 19.4 Å². The summed E-state index contributed by atoms with van der Waals surface area (Å²) in [5, 5.41) is 3.60. The maximum Gasteiger partial charge on any atom is 0.261 e. The van der Waals surface area contributed by atoms with Gasteiger partial charge in [0.25, 0.3) is 10.0 Å². The normalized spacial score (nSPS) is 15.8. The molecule has 174 valence electrons. The fraction of sp³-hybridized carbons (Fsp3) is 0.370. The lowest BCUT2D eigenvalue weighted by atomic mass is 9.85. The number of nitrogens with one attached hydrogen (secondary N) is 2. The maximum atomic E-state index is 13.1. The summed E-state index contributed by atoms with van der Waals surface area (Å²) in [6.07, 6.45) is 11.4. The number of hydrogen-bond acceptors (Lipinski definition) is 4. The molecule has 0 radical (unpaired) electrons. The molecule has 1 aliphatic rings. The largest absolute Gasteiger partial charge is 0.310 e. The summed E-state index contributed by atoms with van der Waals surface area (Å²) < 4.78 is 28.9. The van der Waals surface area contributed by atoms with Crippen LogP contribution in [0, 0.1) is 5.92 Å². The Morgan fingerprint density at radius 2 is 1.70 bits per heavy atom. The van der Waals surface area contributed by atoms with Gasteiger partial charge in [-0.05, 0) is 60.2 Å². The average Bonchev–Trinajstić information content (AvgIpc) is 2.84. The molecule has 6 heteroatoms. The zero-order chi connectivity index (χ0) is 23.1. The van der Waals surface area contributed by atoms with E-state index in [9.17, 15) is 8.42 Å². The van der Waals surface area contributed by atoms with E-state index in [-0.39, 0.29) is 4.90 Å². The summed E-state index contributed by atoms with van der Waals surface area (Å²) in [6.45, 7) is 2.86. The average molecular weight is 464 g/mol. The summed E-state index contributed by atoms with van der Waals surface area (Å²) >= 11 is 0. The first-order valence-corrected chi connectivity index (χ1v) is 13.3. The first-order chi connectivity index (χ1) is 16.0. The highest BCUT2D eigenvalue weighted by atomic mass is 32.2. The summed E-state index contributed by atoms with van der Waals surface area (Å²) in [7, 11) is -3.69. The van der Waals surface area contributed by atoms with Crippen LogP contribution in [0.4, 0.5) is 5.69 Å². The van der Waals surface area contributed by atoms with Crippen molar-refractivity contribution in [1.29, 1.82) is 0 Å². The van der Waals surface area contributed by atoms with Crippen LogP contribution in [0.15, 0.2) is 78.0 Å². The number of aromatic nitrogens is 1. The summed E-state index contributed by atoms with van der Waals surface area (Å²) in [6, 6.07) is 18.7. The molecule has 1 aliphatic carbocycles. The van der Waals surface area contributed by atoms with Gasteiger partial charge in [-0.2, -0.15) is 0 Å². The van der Waals surface area contributed by atoms with Gasteiger partial charge in [0.15, 0.2) is 0 Å².